The molecule has 2 aromatic carbocycles. The van der Waals surface area contributed by atoms with Crippen LogP contribution in [0.5, 0.6) is 0 Å². The Hall–Kier alpha value is -2.05. The molecular weight excluding hydrogens is 355 g/mol. The molecule has 3 nitrogen and oxygen atoms in total. The van der Waals surface area contributed by atoms with E-state index < -0.39 is 17.3 Å². The second-order valence-electron chi connectivity index (χ2n) is 7.45. The number of hydrogen-bond acceptors (Lipinski definition) is 3. The molecular formula is C21H22F3NO2. The van der Waals surface area contributed by atoms with Crippen molar-refractivity contribution in [1.29, 1.82) is 0 Å². The molecule has 2 aliphatic rings. The molecule has 0 bridgehead atoms. The molecule has 0 radical (unpaired) electrons. The van der Waals surface area contributed by atoms with Gasteiger partial charge in [-0.3, -0.25) is 0 Å². The molecule has 2 aliphatic heterocycles. The number of piperidine rings is 1. The average Bonchev–Trinajstić information content (AvgIpc) is 2.66. The summed E-state index contributed by atoms with van der Waals surface area (Å²) in [4.78, 5) is 2.28. The van der Waals surface area contributed by atoms with E-state index in [1.807, 2.05) is 24.3 Å². The molecule has 2 fully saturated rings. The number of hydrogen-bond donors (Lipinski definition) is 1. The fourth-order valence-corrected chi connectivity index (χ4v) is 3.86. The molecule has 4 rings (SSSR count). The Morgan fingerprint density at radius 2 is 1.52 bits per heavy atom. The second-order valence-corrected chi connectivity index (χ2v) is 7.45. The van der Waals surface area contributed by atoms with Gasteiger partial charge < -0.3 is 14.7 Å². The first kappa shape index (κ1) is 18.3. The number of anilines is 1. The van der Waals surface area contributed by atoms with Crippen molar-refractivity contribution >= 4 is 5.69 Å². The molecule has 6 heteroatoms. The molecule has 0 atom stereocenters. The minimum Gasteiger partial charge on any atom is -0.380 e. The molecule has 0 aromatic heterocycles. The molecule has 0 spiro atoms. The van der Waals surface area contributed by atoms with E-state index in [0.717, 1.165) is 42.7 Å². The number of ether oxygens (including phenoxy) is 1. The predicted molar refractivity (Wildman–Crippen MR) is 96.8 cm³/mol. The summed E-state index contributed by atoms with van der Waals surface area (Å²) in [5.41, 5.74) is 1.51. The molecule has 0 unspecified atom stereocenters. The van der Waals surface area contributed by atoms with Crippen LogP contribution in [0.4, 0.5) is 18.9 Å². The summed E-state index contributed by atoms with van der Waals surface area (Å²) in [6, 6.07) is 13.5. The minimum absolute atomic E-state index is 0.288. The van der Waals surface area contributed by atoms with Gasteiger partial charge in [0.1, 0.15) is 5.60 Å². The predicted octanol–water partition coefficient (Wildman–Crippen LogP) is 4.31. The van der Waals surface area contributed by atoms with Gasteiger partial charge in [-0.25, -0.2) is 0 Å². The Kier molecular flexibility index (Phi) is 4.64. The van der Waals surface area contributed by atoms with E-state index >= 15 is 0 Å². The molecule has 1 N–H and O–H groups in total. The van der Waals surface area contributed by atoms with E-state index in [4.69, 9.17) is 4.74 Å². The van der Waals surface area contributed by atoms with Crippen LogP contribution in [0.1, 0.15) is 35.4 Å². The first-order valence-electron chi connectivity index (χ1n) is 9.18. The van der Waals surface area contributed by atoms with E-state index in [1.54, 1.807) is 12.1 Å². The van der Waals surface area contributed by atoms with E-state index in [2.05, 4.69) is 4.90 Å². The molecule has 0 aliphatic carbocycles. The summed E-state index contributed by atoms with van der Waals surface area (Å²) >= 11 is 0. The average molecular weight is 377 g/mol. The Morgan fingerprint density at radius 1 is 0.926 bits per heavy atom. The fraction of sp³-hybridized carbons (Fsp3) is 0.429. The highest BCUT2D eigenvalue weighted by atomic mass is 19.4. The first-order valence-corrected chi connectivity index (χ1v) is 9.18. The Bertz CT molecular complexity index is 775. The maximum absolute atomic E-state index is 12.7. The summed E-state index contributed by atoms with van der Waals surface area (Å²) in [6.45, 7) is 2.40. The van der Waals surface area contributed by atoms with Crippen molar-refractivity contribution in [1.82, 2.24) is 0 Å². The van der Waals surface area contributed by atoms with E-state index in [9.17, 15) is 18.3 Å². The van der Waals surface area contributed by atoms with Crippen LogP contribution in [0, 0.1) is 0 Å². The number of benzene rings is 2. The molecule has 0 saturated carbocycles. The van der Waals surface area contributed by atoms with Gasteiger partial charge in [-0.1, -0.05) is 24.3 Å². The molecule has 0 amide bonds. The molecule has 144 valence electrons. The largest absolute Gasteiger partial charge is 0.416 e. The quantitative estimate of drug-likeness (QED) is 0.865. The number of rotatable bonds is 3. The molecule has 2 heterocycles. The third-order valence-corrected chi connectivity index (χ3v) is 5.66. The van der Waals surface area contributed by atoms with Crippen molar-refractivity contribution in [3.05, 3.63) is 65.2 Å². The van der Waals surface area contributed by atoms with Gasteiger partial charge in [-0.05, 0) is 54.2 Å². The van der Waals surface area contributed by atoms with Gasteiger partial charge in [-0.15, -0.1) is 0 Å². The van der Waals surface area contributed by atoms with Gasteiger partial charge in [-0.2, -0.15) is 13.2 Å². The lowest BCUT2D eigenvalue weighted by atomic mass is 9.88. The normalized spacial score (nSPS) is 20.4. The second kappa shape index (κ2) is 6.84. The van der Waals surface area contributed by atoms with Gasteiger partial charge in [0.15, 0.2) is 0 Å². The third-order valence-electron chi connectivity index (χ3n) is 5.66. The van der Waals surface area contributed by atoms with Crippen LogP contribution in [0.2, 0.25) is 0 Å². The van der Waals surface area contributed by atoms with Crippen molar-refractivity contribution in [2.75, 3.05) is 31.2 Å². The van der Waals surface area contributed by atoms with Crippen LogP contribution < -0.4 is 4.90 Å². The topological polar surface area (TPSA) is 32.7 Å². The van der Waals surface area contributed by atoms with Gasteiger partial charge in [0, 0.05) is 18.8 Å². The van der Waals surface area contributed by atoms with Crippen LogP contribution in [-0.2, 0) is 16.5 Å². The van der Waals surface area contributed by atoms with E-state index in [-0.39, 0.29) is 5.92 Å². The van der Waals surface area contributed by atoms with Crippen LogP contribution in [0.15, 0.2) is 48.5 Å². The monoisotopic (exact) mass is 377 g/mol. The van der Waals surface area contributed by atoms with Crippen molar-refractivity contribution in [2.24, 2.45) is 0 Å². The number of halogens is 3. The van der Waals surface area contributed by atoms with Gasteiger partial charge in [0.25, 0.3) is 0 Å². The Labute approximate surface area is 156 Å². The van der Waals surface area contributed by atoms with Gasteiger partial charge in [0.05, 0.1) is 18.8 Å². The summed E-state index contributed by atoms with van der Waals surface area (Å²) in [5, 5.41) is 10.3. The van der Waals surface area contributed by atoms with Crippen molar-refractivity contribution in [3.8, 4) is 0 Å². The molecule has 27 heavy (non-hydrogen) atoms. The standard InChI is InChI=1S/C21H22F3NO2/c22-21(23,24)18-3-1-15(2-4-18)16-9-11-25(12-10-16)19-7-5-17(6-8-19)20(26)13-27-14-20/h1-8,16,26H,9-14H2. The summed E-state index contributed by atoms with van der Waals surface area (Å²) in [6.07, 6.45) is -2.47. The van der Waals surface area contributed by atoms with Crippen molar-refractivity contribution < 1.29 is 23.0 Å². The smallest absolute Gasteiger partial charge is 0.380 e. The maximum Gasteiger partial charge on any atom is 0.416 e. The van der Waals surface area contributed by atoms with Crippen LogP contribution in [0.3, 0.4) is 0 Å². The summed E-state index contributed by atoms with van der Waals surface area (Å²) in [5.74, 6) is 0.288. The van der Waals surface area contributed by atoms with E-state index in [0.29, 0.717) is 13.2 Å². The third kappa shape index (κ3) is 3.69. The van der Waals surface area contributed by atoms with Gasteiger partial charge >= 0.3 is 6.18 Å². The molecule has 2 saturated heterocycles. The van der Waals surface area contributed by atoms with Crippen LogP contribution >= 0.6 is 0 Å². The van der Waals surface area contributed by atoms with Gasteiger partial charge in [0.2, 0.25) is 0 Å². The highest BCUT2D eigenvalue weighted by Gasteiger charge is 2.38. The number of alkyl halides is 3. The van der Waals surface area contributed by atoms with Crippen LogP contribution in [0.25, 0.3) is 0 Å². The lowest BCUT2D eigenvalue weighted by Gasteiger charge is -2.37. The zero-order chi connectivity index (χ0) is 19.1. The zero-order valence-corrected chi connectivity index (χ0v) is 14.9. The summed E-state index contributed by atoms with van der Waals surface area (Å²) < 4.78 is 43.2. The lowest BCUT2D eigenvalue weighted by molar-refractivity contribution is -0.184. The fourth-order valence-electron chi connectivity index (χ4n) is 3.86. The Balaban J connectivity index is 1.37. The van der Waals surface area contributed by atoms with Crippen molar-refractivity contribution in [2.45, 2.75) is 30.5 Å². The highest BCUT2D eigenvalue weighted by molar-refractivity contribution is 5.49. The number of aliphatic hydroxyl groups is 1. The number of nitrogens with zero attached hydrogens (tertiary/aromatic N) is 1. The lowest BCUT2D eigenvalue weighted by Crippen LogP contribution is -2.46. The Morgan fingerprint density at radius 3 is 2.00 bits per heavy atom. The maximum atomic E-state index is 12.7. The SMILES string of the molecule is OC1(c2ccc(N3CCC(c4ccc(C(F)(F)F)cc4)CC3)cc2)COC1. The van der Waals surface area contributed by atoms with E-state index in [1.165, 1.54) is 12.1 Å². The minimum atomic E-state index is -4.28. The highest BCUT2D eigenvalue weighted by Crippen LogP contribution is 2.35. The van der Waals surface area contributed by atoms with Crippen molar-refractivity contribution in [3.63, 3.8) is 0 Å². The first-order chi connectivity index (χ1) is 12.9. The summed E-state index contributed by atoms with van der Waals surface area (Å²) in [7, 11) is 0. The molecule has 2 aromatic rings. The zero-order valence-electron chi connectivity index (χ0n) is 14.9. The van der Waals surface area contributed by atoms with Crippen LogP contribution in [-0.4, -0.2) is 31.4 Å².